The van der Waals surface area contributed by atoms with Gasteiger partial charge in [-0.2, -0.15) is 12.6 Å². The number of thiol groups is 1. The molecule has 104 valence electrons. The third-order valence-electron chi connectivity index (χ3n) is 2.84. The number of benzene rings is 2. The Morgan fingerprint density at radius 1 is 1.05 bits per heavy atom. The van der Waals surface area contributed by atoms with Crippen LogP contribution in [0.25, 0.3) is 0 Å². The Kier molecular flexibility index (Phi) is 5.68. The lowest BCUT2D eigenvalue weighted by atomic mass is 10.1. The van der Waals surface area contributed by atoms with Gasteiger partial charge >= 0.3 is 5.97 Å². The van der Waals surface area contributed by atoms with Crippen LogP contribution < -0.4 is 0 Å². The fourth-order valence-corrected chi connectivity index (χ4v) is 2.30. The highest BCUT2D eigenvalue weighted by Gasteiger charge is 2.16. The molecule has 2 aromatic rings. The summed E-state index contributed by atoms with van der Waals surface area (Å²) >= 11 is 7.68. The molecule has 1 atom stereocenters. The summed E-state index contributed by atoms with van der Waals surface area (Å²) in [4.78, 5) is 11.9. The van der Waals surface area contributed by atoms with Crippen LogP contribution in [0, 0.1) is 0 Å². The lowest BCUT2D eigenvalue weighted by Crippen LogP contribution is -2.20. The predicted octanol–water partition coefficient (Wildman–Crippen LogP) is 4.03. The molecule has 4 heteroatoms. The summed E-state index contributed by atoms with van der Waals surface area (Å²) in [5, 5.41) is -0.437. The van der Waals surface area contributed by atoms with Gasteiger partial charge < -0.3 is 4.74 Å². The van der Waals surface area contributed by atoms with Crippen LogP contribution >= 0.6 is 28.6 Å². The Bertz CT molecular complexity index is 554. The van der Waals surface area contributed by atoms with Crippen molar-refractivity contribution in [1.82, 2.24) is 0 Å². The molecule has 0 radical (unpaired) electrons. The fourth-order valence-electron chi connectivity index (χ4n) is 1.75. The first-order valence-corrected chi connectivity index (χ1v) is 7.59. The highest BCUT2D eigenvalue weighted by molar-refractivity contribution is 9.10. The zero-order valence-electron chi connectivity index (χ0n) is 10.8. The predicted molar refractivity (Wildman–Crippen MR) is 86.9 cm³/mol. The monoisotopic (exact) mass is 350 g/mol. The molecule has 0 heterocycles. The van der Waals surface area contributed by atoms with Crippen molar-refractivity contribution in [2.75, 3.05) is 0 Å². The van der Waals surface area contributed by atoms with E-state index in [-0.39, 0.29) is 12.6 Å². The molecule has 0 bridgehead atoms. The molecular weight excluding hydrogens is 336 g/mol. The summed E-state index contributed by atoms with van der Waals surface area (Å²) in [6, 6.07) is 17.5. The topological polar surface area (TPSA) is 26.3 Å². The van der Waals surface area contributed by atoms with Crippen molar-refractivity contribution >= 4 is 34.5 Å². The molecule has 0 aromatic heterocycles. The largest absolute Gasteiger partial charge is 0.460 e. The number of ether oxygens (including phenoxy) is 1. The van der Waals surface area contributed by atoms with E-state index >= 15 is 0 Å². The van der Waals surface area contributed by atoms with Gasteiger partial charge in [0.25, 0.3) is 0 Å². The summed E-state index contributed by atoms with van der Waals surface area (Å²) in [5.74, 6) is -0.292. The molecule has 20 heavy (non-hydrogen) atoms. The Morgan fingerprint density at radius 3 is 2.35 bits per heavy atom. The SMILES string of the molecule is O=C(OCc1ccc(Br)cc1)C(S)Cc1ccccc1. The normalized spacial score (nSPS) is 11.9. The van der Waals surface area contributed by atoms with Gasteiger partial charge in [0.15, 0.2) is 0 Å². The summed E-state index contributed by atoms with van der Waals surface area (Å²) < 4.78 is 6.27. The van der Waals surface area contributed by atoms with E-state index in [9.17, 15) is 4.79 Å². The number of halogens is 1. The number of hydrogen-bond acceptors (Lipinski definition) is 3. The molecule has 0 spiro atoms. The van der Waals surface area contributed by atoms with Crippen molar-refractivity contribution in [3.8, 4) is 0 Å². The molecule has 1 unspecified atom stereocenters. The summed E-state index contributed by atoms with van der Waals surface area (Å²) in [6.45, 7) is 0.276. The first kappa shape index (κ1) is 15.1. The first-order chi connectivity index (χ1) is 9.65. The van der Waals surface area contributed by atoms with Gasteiger partial charge in [0, 0.05) is 4.47 Å². The standard InChI is InChI=1S/C16H15BrO2S/c17-14-8-6-13(7-9-14)11-19-16(18)15(20)10-12-4-2-1-3-5-12/h1-9,15,20H,10-11H2. The van der Waals surface area contributed by atoms with E-state index in [2.05, 4.69) is 28.6 Å². The molecule has 0 aliphatic carbocycles. The van der Waals surface area contributed by atoms with E-state index in [0.717, 1.165) is 15.6 Å². The third-order valence-corrected chi connectivity index (χ3v) is 3.76. The van der Waals surface area contributed by atoms with Gasteiger partial charge in [-0.1, -0.05) is 58.4 Å². The molecule has 2 aromatic carbocycles. The maximum absolute atomic E-state index is 11.9. The Balaban J connectivity index is 1.83. The fraction of sp³-hybridized carbons (Fsp3) is 0.188. The molecule has 2 nitrogen and oxygen atoms in total. The smallest absolute Gasteiger partial charge is 0.319 e. The Hall–Kier alpha value is -1.26. The average molecular weight is 351 g/mol. The van der Waals surface area contributed by atoms with Crippen LogP contribution in [-0.2, 0) is 22.6 Å². The summed E-state index contributed by atoms with van der Waals surface area (Å²) in [7, 11) is 0. The maximum atomic E-state index is 11.9. The molecule has 0 N–H and O–H groups in total. The lowest BCUT2D eigenvalue weighted by molar-refractivity contribution is -0.144. The van der Waals surface area contributed by atoms with E-state index < -0.39 is 5.25 Å². The van der Waals surface area contributed by atoms with Crippen LogP contribution in [0.4, 0.5) is 0 Å². The van der Waals surface area contributed by atoms with Crippen molar-refractivity contribution < 1.29 is 9.53 Å². The van der Waals surface area contributed by atoms with Gasteiger partial charge in [-0.25, -0.2) is 0 Å². The van der Waals surface area contributed by atoms with E-state index in [1.807, 2.05) is 54.6 Å². The molecular formula is C16H15BrO2S. The lowest BCUT2D eigenvalue weighted by Gasteiger charge is -2.11. The minimum absolute atomic E-state index is 0.276. The number of carbonyl (C=O) groups excluding carboxylic acids is 1. The van der Waals surface area contributed by atoms with Crippen molar-refractivity contribution in [3.05, 3.63) is 70.2 Å². The molecule has 0 aliphatic heterocycles. The van der Waals surface area contributed by atoms with Crippen LogP contribution in [0.3, 0.4) is 0 Å². The van der Waals surface area contributed by atoms with E-state index in [4.69, 9.17) is 4.74 Å². The maximum Gasteiger partial charge on any atom is 0.319 e. The highest BCUT2D eigenvalue weighted by atomic mass is 79.9. The molecule has 0 amide bonds. The zero-order chi connectivity index (χ0) is 14.4. The van der Waals surface area contributed by atoms with E-state index in [0.29, 0.717) is 6.42 Å². The van der Waals surface area contributed by atoms with Gasteiger partial charge in [-0.05, 0) is 29.7 Å². The van der Waals surface area contributed by atoms with Gasteiger partial charge in [0.1, 0.15) is 11.9 Å². The number of hydrogen-bond donors (Lipinski definition) is 1. The summed E-state index contributed by atoms with van der Waals surface area (Å²) in [6.07, 6.45) is 0.573. The minimum atomic E-state index is -0.437. The molecule has 0 aliphatic rings. The summed E-state index contributed by atoms with van der Waals surface area (Å²) in [5.41, 5.74) is 2.04. The molecule has 0 fully saturated rings. The Morgan fingerprint density at radius 2 is 1.70 bits per heavy atom. The Labute approximate surface area is 132 Å². The third kappa shape index (κ3) is 4.69. The van der Waals surface area contributed by atoms with Gasteiger partial charge in [-0.3, -0.25) is 4.79 Å². The average Bonchev–Trinajstić information content (AvgIpc) is 2.47. The molecule has 0 saturated heterocycles. The van der Waals surface area contributed by atoms with Crippen LogP contribution in [-0.4, -0.2) is 11.2 Å². The number of esters is 1. The number of carbonyl (C=O) groups is 1. The second-order valence-corrected chi connectivity index (χ2v) is 5.98. The van der Waals surface area contributed by atoms with Gasteiger partial charge in [0.2, 0.25) is 0 Å². The zero-order valence-corrected chi connectivity index (χ0v) is 13.3. The van der Waals surface area contributed by atoms with E-state index in [1.165, 1.54) is 0 Å². The minimum Gasteiger partial charge on any atom is -0.460 e. The van der Waals surface area contributed by atoms with Crippen molar-refractivity contribution in [2.24, 2.45) is 0 Å². The second-order valence-electron chi connectivity index (χ2n) is 4.44. The quantitative estimate of drug-likeness (QED) is 0.650. The molecule has 2 rings (SSSR count). The highest BCUT2D eigenvalue weighted by Crippen LogP contribution is 2.13. The van der Waals surface area contributed by atoms with Crippen LogP contribution in [0.5, 0.6) is 0 Å². The first-order valence-electron chi connectivity index (χ1n) is 6.28. The number of rotatable bonds is 5. The van der Waals surface area contributed by atoms with Gasteiger partial charge in [-0.15, -0.1) is 0 Å². The van der Waals surface area contributed by atoms with Crippen molar-refractivity contribution in [3.63, 3.8) is 0 Å². The van der Waals surface area contributed by atoms with Crippen LogP contribution in [0.1, 0.15) is 11.1 Å². The van der Waals surface area contributed by atoms with Crippen LogP contribution in [0.15, 0.2) is 59.1 Å². The van der Waals surface area contributed by atoms with Crippen molar-refractivity contribution in [2.45, 2.75) is 18.3 Å². The van der Waals surface area contributed by atoms with E-state index in [1.54, 1.807) is 0 Å². The van der Waals surface area contributed by atoms with Crippen LogP contribution in [0.2, 0.25) is 0 Å². The second kappa shape index (κ2) is 7.50. The molecule has 0 saturated carbocycles. The van der Waals surface area contributed by atoms with Crippen molar-refractivity contribution in [1.29, 1.82) is 0 Å². The van der Waals surface area contributed by atoms with Gasteiger partial charge in [0.05, 0.1) is 0 Å².